The molecule has 0 bridgehead atoms. The predicted molar refractivity (Wildman–Crippen MR) is 96.6 cm³/mol. The van der Waals surface area contributed by atoms with Crippen LogP contribution in [-0.4, -0.2) is 54.8 Å². The number of nitrogens with one attached hydrogen (secondary N) is 1. The number of hydrogen-bond acceptors (Lipinski definition) is 5. The number of pyridine rings is 1. The second-order valence-corrected chi connectivity index (χ2v) is 8.70. The first-order valence-electron chi connectivity index (χ1n) is 9.06. The van der Waals surface area contributed by atoms with Crippen molar-refractivity contribution in [3.63, 3.8) is 0 Å². The monoisotopic (exact) mass is 453 g/mol. The number of fused-ring (bicyclic) bond motifs is 1. The van der Waals surface area contributed by atoms with Gasteiger partial charge in [0.15, 0.2) is 0 Å². The molecule has 2 fully saturated rings. The van der Waals surface area contributed by atoms with Crippen LogP contribution >= 0.6 is 11.3 Å². The lowest BCUT2D eigenvalue weighted by atomic mass is 9.62. The summed E-state index contributed by atoms with van der Waals surface area (Å²) in [4.78, 5) is 17.4. The van der Waals surface area contributed by atoms with E-state index < -0.39 is 36.5 Å². The van der Waals surface area contributed by atoms with Gasteiger partial charge in [-0.1, -0.05) is 0 Å². The van der Waals surface area contributed by atoms with Crippen LogP contribution in [0.2, 0.25) is 0 Å². The Hall–Kier alpha value is -2.08. The average Bonchev–Trinajstić information content (AvgIpc) is 2.98. The summed E-state index contributed by atoms with van der Waals surface area (Å²) in [6.07, 6.45) is -8.43. The number of rotatable bonds is 4. The zero-order chi connectivity index (χ0) is 21.9. The van der Waals surface area contributed by atoms with Gasteiger partial charge in [-0.2, -0.15) is 26.3 Å². The van der Waals surface area contributed by atoms with E-state index in [-0.39, 0.29) is 40.2 Å². The highest BCUT2D eigenvalue weighted by Gasteiger charge is 2.55. The summed E-state index contributed by atoms with van der Waals surface area (Å²) in [5.74, 6) is -0.800. The van der Waals surface area contributed by atoms with E-state index in [1.807, 2.05) is 0 Å². The van der Waals surface area contributed by atoms with E-state index in [0.717, 1.165) is 17.4 Å². The normalized spacial score (nSPS) is 19.6. The van der Waals surface area contributed by atoms with Gasteiger partial charge in [-0.3, -0.25) is 9.69 Å². The van der Waals surface area contributed by atoms with Crippen molar-refractivity contribution in [2.45, 2.75) is 31.3 Å². The maximum atomic E-state index is 13.5. The summed E-state index contributed by atoms with van der Waals surface area (Å²) in [7, 11) is 1.37. The molecular formula is C18H17F6N3O2S. The topological polar surface area (TPSA) is 54.5 Å². The fraction of sp³-hybridized carbons (Fsp3) is 0.556. The van der Waals surface area contributed by atoms with Crippen molar-refractivity contribution in [3.05, 3.63) is 22.6 Å². The van der Waals surface area contributed by atoms with Crippen LogP contribution < -0.4 is 10.1 Å². The van der Waals surface area contributed by atoms with Crippen LogP contribution in [0.5, 0.6) is 5.88 Å². The third kappa shape index (κ3) is 3.94. The standard InChI is InChI=1S/C18H17F6N3O2S/c1-25-15(28)10-5-30-14-11(18(22,23)24)2-12(26-13(10)14)29-9-3-16(4-9)6-27(7-16)8-17(19,20)21/h2,5,9H,3-4,6-8H2,1H3,(H,25,28). The van der Waals surface area contributed by atoms with Crippen LogP contribution in [-0.2, 0) is 6.18 Å². The Kier molecular flexibility index (Phi) is 4.92. The molecule has 4 rings (SSSR count). The van der Waals surface area contributed by atoms with Gasteiger partial charge in [-0.25, -0.2) is 4.98 Å². The van der Waals surface area contributed by atoms with Crippen LogP contribution in [0.3, 0.4) is 0 Å². The number of alkyl halides is 6. The van der Waals surface area contributed by atoms with Crippen molar-refractivity contribution in [2.24, 2.45) is 5.41 Å². The Morgan fingerprint density at radius 2 is 1.97 bits per heavy atom. The van der Waals surface area contributed by atoms with Crippen LogP contribution in [0.1, 0.15) is 28.8 Å². The molecule has 2 aromatic rings. The Bertz CT molecular complexity index is 973. The Balaban J connectivity index is 1.50. The first kappa shape index (κ1) is 21.2. The first-order chi connectivity index (χ1) is 13.9. The number of carbonyl (C=O) groups is 1. The molecule has 1 aliphatic heterocycles. The molecule has 164 valence electrons. The van der Waals surface area contributed by atoms with Crippen LogP contribution in [0, 0.1) is 5.41 Å². The van der Waals surface area contributed by atoms with E-state index in [0.29, 0.717) is 12.8 Å². The minimum atomic E-state index is -4.66. The fourth-order valence-electron chi connectivity index (χ4n) is 4.24. The smallest absolute Gasteiger partial charge is 0.418 e. The average molecular weight is 453 g/mol. The van der Waals surface area contributed by atoms with Gasteiger partial charge in [0.1, 0.15) is 6.10 Å². The molecule has 5 nitrogen and oxygen atoms in total. The highest BCUT2D eigenvalue weighted by Crippen LogP contribution is 2.50. The summed E-state index contributed by atoms with van der Waals surface area (Å²) >= 11 is 0.779. The van der Waals surface area contributed by atoms with Gasteiger partial charge in [0.25, 0.3) is 5.91 Å². The molecule has 0 unspecified atom stereocenters. The van der Waals surface area contributed by atoms with Crippen LogP contribution in [0.4, 0.5) is 26.3 Å². The summed E-state index contributed by atoms with van der Waals surface area (Å²) in [5.41, 5.74) is -1.27. The molecule has 3 heterocycles. The summed E-state index contributed by atoms with van der Waals surface area (Å²) in [6.45, 7) is -0.385. The quantitative estimate of drug-likeness (QED) is 0.709. The number of halogens is 6. The molecule has 0 atom stereocenters. The largest absolute Gasteiger partial charge is 0.474 e. The lowest BCUT2D eigenvalue weighted by Gasteiger charge is -2.58. The number of nitrogens with zero attached hydrogens (tertiary/aromatic N) is 2. The Labute approximate surface area is 171 Å². The number of hydrogen-bond donors (Lipinski definition) is 1. The van der Waals surface area contributed by atoms with Gasteiger partial charge in [0.05, 0.1) is 27.9 Å². The molecule has 2 aromatic heterocycles. The van der Waals surface area contributed by atoms with Crippen LogP contribution in [0.25, 0.3) is 10.2 Å². The molecule has 0 radical (unpaired) electrons. The molecule has 1 saturated heterocycles. The van der Waals surface area contributed by atoms with Crippen molar-refractivity contribution < 1.29 is 35.9 Å². The number of ether oxygens (including phenoxy) is 1. The molecule has 2 aliphatic rings. The number of likely N-dealkylation sites (tertiary alicyclic amines) is 1. The molecule has 1 amide bonds. The zero-order valence-corrected chi connectivity index (χ0v) is 16.5. The number of carbonyl (C=O) groups excluding carboxylic acids is 1. The molecule has 1 N–H and O–H groups in total. The van der Waals surface area contributed by atoms with Crippen molar-refractivity contribution in [2.75, 3.05) is 26.7 Å². The van der Waals surface area contributed by atoms with Crippen molar-refractivity contribution in [1.29, 1.82) is 0 Å². The summed E-state index contributed by atoms with van der Waals surface area (Å²) in [6, 6.07) is 0.814. The molecule has 1 aliphatic carbocycles. The van der Waals surface area contributed by atoms with E-state index in [4.69, 9.17) is 4.74 Å². The SMILES string of the molecule is CNC(=O)c1csc2c(C(F)(F)F)cc(OC3CC4(C3)CN(CC(F)(F)F)C4)nc12. The molecule has 12 heteroatoms. The van der Waals surface area contributed by atoms with Gasteiger partial charge in [0.2, 0.25) is 5.88 Å². The molecule has 30 heavy (non-hydrogen) atoms. The highest BCUT2D eigenvalue weighted by atomic mass is 32.1. The first-order valence-corrected chi connectivity index (χ1v) is 9.94. The number of thiophene rings is 1. The minimum Gasteiger partial charge on any atom is -0.474 e. The summed E-state index contributed by atoms with van der Waals surface area (Å²) < 4.78 is 83.3. The van der Waals surface area contributed by atoms with Crippen molar-refractivity contribution in [1.82, 2.24) is 15.2 Å². The van der Waals surface area contributed by atoms with Gasteiger partial charge in [-0.05, 0) is 12.8 Å². The molecule has 1 spiro atoms. The second kappa shape index (κ2) is 6.98. The molecule has 1 saturated carbocycles. The minimum absolute atomic E-state index is 0.0281. The van der Waals surface area contributed by atoms with E-state index >= 15 is 0 Å². The third-order valence-electron chi connectivity index (χ3n) is 5.41. The van der Waals surface area contributed by atoms with Gasteiger partial charge < -0.3 is 10.1 Å². The Morgan fingerprint density at radius 3 is 2.53 bits per heavy atom. The lowest BCUT2D eigenvalue weighted by molar-refractivity contribution is -0.191. The second-order valence-electron chi connectivity index (χ2n) is 7.82. The van der Waals surface area contributed by atoms with Gasteiger partial charge >= 0.3 is 12.4 Å². The van der Waals surface area contributed by atoms with Gasteiger partial charge in [0, 0.05) is 37.0 Å². The summed E-state index contributed by atoms with van der Waals surface area (Å²) in [5, 5.41) is 3.68. The maximum Gasteiger partial charge on any atom is 0.418 e. The zero-order valence-electron chi connectivity index (χ0n) is 15.7. The fourth-order valence-corrected chi connectivity index (χ4v) is 5.26. The van der Waals surface area contributed by atoms with E-state index in [1.54, 1.807) is 0 Å². The predicted octanol–water partition coefficient (Wildman–Crippen LogP) is 4.08. The third-order valence-corrected chi connectivity index (χ3v) is 6.41. The highest BCUT2D eigenvalue weighted by molar-refractivity contribution is 7.17. The Morgan fingerprint density at radius 1 is 1.30 bits per heavy atom. The van der Waals surface area contributed by atoms with Crippen molar-refractivity contribution in [3.8, 4) is 5.88 Å². The van der Waals surface area contributed by atoms with Gasteiger partial charge in [-0.15, -0.1) is 11.3 Å². The van der Waals surface area contributed by atoms with Crippen molar-refractivity contribution >= 4 is 27.5 Å². The number of aromatic nitrogens is 1. The van der Waals surface area contributed by atoms with E-state index in [9.17, 15) is 31.1 Å². The number of amides is 1. The van der Waals surface area contributed by atoms with E-state index in [2.05, 4.69) is 10.3 Å². The molecular weight excluding hydrogens is 436 g/mol. The lowest BCUT2D eigenvalue weighted by Crippen LogP contribution is -2.65. The molecule has 0 aromatic carbocycles. The van der Waals surface area contributed by atoms with E-state index in [1.165, 1.54) is 17.3 Å². The maximum absolute atomic E-state index is 13.5. The van der Waals surface area contributed by atoms with Crippen LogP contribution in [0.15, 0.2) is 11.4 Å².